The minimum Gasteiger partial charge on any atom is -0.314 e. The lowest BCUT2D eigenvalue weighted by Crippen LogP contribution is -2.42. The lowest BCUT2D eigenvalue weighted by Gasteiger charge is -2.27. The largest absolute Gasteiger partial charge is 0.314 e. The fraction of sp³-hybridized carbons (Fsp3) is 0.444. The molecule has 4 heteroatoms. The van der Waals surface area contributed by atoms with E-state index < -0.39 is 0 Å². The number of piperazine rings is 1. The Kier molecular flexibility index (Phi) is 7.40. The van der Waals surface area contributed by atoms with E-state index in [0.29, 0.717) is 0 Å². The second-order valence-electron chi connectivity index (χ2n) is 5.20. The molecule has 1 aromatic carbocycles. The molecule has 0 spiro atoms. The molecule has 2 heterocycles. The van der Waals surface area contributed by atoms with E-state index in [4.69, 9.17) is 11.6 Å². The Labute approximate surface area is 143 Å². The van der Waals surface area contributed by atoms with E-state index in [1.807, 2.05) is 37.3 Å². The summed E-state index contributed by atoms with van der Waals surface area (Å²) in [6.45, 7) is 9.59. The first kappa shape index (κ1) is 17.5. The summed E-state index contributed by atoms with van der Waals surface area (Å²) in [5, 5.41) is 6.42. The highest BCUT2D eigenvalue weighted by atomic mass is 35.5. The SMILES string of the molecule is CC.Clc1ccc(Cc2sccc2CN2CCNCC2)cc1. The molecule has 0 radical (unpaired) electrons. The van der Waals surface area contributed by atoms with Crippen molar-refractivity contribution in [2.75, 3.05) is 26.2 Å². The van der Waals surface area contributed by atoms with Crippen molar-refractivity contribution < 1.29 is 0 Å². The summed E-state index contributed by atoms with van der Waals surface area (Å²) in [5.41, 5.74) is 2.81. The number of hydrogen-bond acceptors (Lipinski definition) is 3. The van der Waals surface area contributed by atoms with Crippen LogP contribution in [0, 0.1) is 0 Å². The molecule has 0 bridgehead atoms. The third-order valence-corrected chi connectivity index (χ3v) is 4.93. The van der Waals surface area contributed by atoms with Crippen LogP contribution in [0.4, 0.5) is 0 Å². The van der Waals surface area contributed by atoms with E-state index in [-0.39, 0.29) is 0 Å². The summed E-state index contributed by atoms with van der Waals surface area (Å²) in [5.74, 6) is 0. The van der Waals surface area contributed by atoms with Gasteiger partial charge in [0.25, 0.3) is 0 Å². The summed E-state index contributed by atoms with van der Waals surface area (Å²) < 4.78 is 0. The van der Waals surface area contributed by atoms with Crippen molar-refractivity contribution in [1.82, 2.24) is 10.2 Å². The molecular formula is C18H25ClN2S. The van der Waals surface area contributed by atoms with Gasteiger partial charge in [-0.15, -0.1) is 11.3 Å². The molecule has 1 N–H and O–H groups in total. The zero-order chi connectivity index (χ0) is 15.8. The average molecular weight is 337 g/mol. The van der Waals surface area contributed by atoms with E-state index >= 15 is 0 Å². The number of nitrogens with one attached hydrogen (secondary N) is 1. The van der Waals surface area contributed by atoms with Gasteiger partial charge in [-0.05, 0) is 34.7 Å². The molecule has 22 heavy (non-hydrogen) atoms. The van der Waals surface area contributed by atoms with Gasteiger partial charge in [-0.1, -0.05) is 37.6 Å². The molecule has 0 unspecified atom stereocenters. The number of hydrogen-bond donors (Lipinski definition) is 1. The zero-order valence-corrected chi connectivity index (χ0v) is 15.0. The summed E-state index contributed by atoms with van der Waals surface area (Å²) in [7, 11) is 0. The third-order valence-electron chi connectivity index (χ3n) is 3.72. The van der Waals surface area contributed by atoms with Gasteiger partial charge in [-0.2, -0.15) is 0 Å². The van der Waals surface area contributed by atoms with Gasteiger partial charge in [-0.3, -0.25) is 4.90 Å². The number of thiophene rings is 1. The minimum atomic E-state index is 0.806. The van der Waals surface area contributed by atoms with Gasteiger partial charge in [0.2, 0.25) is 0 Å². The molecular weight excluding hydrogens is 312 g/mol. The van der Waals surface area contributed by atoms with E-state index in [2.05, 4.69) is 33.8 Å². The summed E-state index contributed by atoms with van der Waals surface area (Å²) in [6, 6.07) is 10.5. The second-order valence-corrected chi connectivity index (χ2v) is 6.64. The van der Waals surface area contributed by atoms with Crippen LogP contribution in [0.25, 0.3) is 0 Å². The van der Waals surface area contributed by atoms with Crippen molar-refractivity contribution in [3.63, 3.8) is 0 Å². The first-order valence-corrected chi connectivity index (χ1v) is 9.30. The molecule has 0 saturated carbocycles. The summed E-state index contributed by atoms with van der Waals surface area (Å²) in [6.07, 6.45) is 1.01. The molecule has 1 aromatic heterocycles. The fourth-order valence-electron chi connectivity index (χ4n) is 2.56. The highest BCUT2D eigenvalue weighted by molar-refractivity contribution is 7.10. The molecule has 1 aliphatic heterocycles. The first-order chi connectivity index (χ1) is 10.8. The Morgan fingerprint density at radius 1 is 1.09 bits per heavy atom. The number of halogens is 1. The van der Waals surface area contributed by atoms with Crippen LogP contribution in [0.1, 0.15) is 29.9 Å². The molecule has 1 aliphatic rings. The summed E-state index contributed by atoms with van der Waals surface area (Å²) in [4.78, 5) is 4.01. The Morgan fingerprint density at radius 2 is 1.77 bits per heavy atom. The van der Waals surface area contributed by atoms with Crippen LogP contribution in [0.2, 0.25) is 5.02 Å². The van der Waals surface area contributed by atoms with Crippen molar-refractivity contribution in [2.24, 2.45) is 0 Å². The highest BCUT2D eigenvalue weighted by Gasteiger charge is 2.13. The van der Waals surface area contributed by atoms with Gasteiger partial charge in [0.05, 0.1) is 0 Å². The van der Waals surface area contributed by atoms with Crippen LogP contribution in [-0.4, -0.2) is 31.1 Å². The van der Waals surface area contributed by atoms with Gasteiger partial charge in [0.15, 0.2) is 0 Å². The number of nitrogens with zero attached hydrogens (tertiary/aromatic N) is 1. The van der Waals surface area contributed by atoms with E-state index in [1.165, 1.54) is 16.0 Å². The van der Waals surface area contributed by atoms with Gasteiger partial charge in [0.1, 0.15) is 0 Å². The maximum atomic E-state index is 5.94. The smallest absolute Gasteiger partial charge is 0.0406 e. The predicted molar refractivity (Wildman–Crippen MR) is 98.1 cm³/mol. The van der Waals surface area contributed by atoms with Crippen LogP contribution in [0.5, 0.6) is 0 Å². The Bertz CT molecular complexity index is 544. The lowest BCUT2D eigenvalue weighted by molar-refractivity contribution is 0.233. The molecule has 1 saturated heterocycles. The van der Waals surface area contributed by atoms with Gasteiger partial charge in [0, 0.05) is 49.0 Å². The number of benzene rings is 1. The van der Waals surface area contributed by atoms with Crippen molar-refractivity contribution in [3.05, 3.63) is 56.7 Å². The predicted octanol–water partition coefficient (Wildman–Crippen LogP) is 4.42. The monoisotopic (exact) mass is 336 g/mol. The second kappa shape index (κ2) is 9.31. The molecule has 0 atom stereocenters. The maximum absolute atomic E-state index is 5.94. The van der Waals surface area contributed by atoms with Crippen LogP contribution < -0.4 is 5.32 Å². The molecule has 3 rings (SSSR count). The van der Waals surface area contributed by atoms with Crippen LogP contribution >= 0.6 is 22.9 Å². The van der Waals surface area contributed by atoms with Gasteiger partial charge < -0.3 is 5.32 Å². The van der Waals surface area contributed by atoms with Crippen molar-refractivity contribution >= 4 is 22.9 Å². The molecule has 0 aliphatic carbocycles. The molecule has 0 amide bonds. The van der Waals surface area contributed by atoms with Crippen molar-refractivity contribution in [2.45, 2.75) is 26.8 Å². The normalized spacial score (nSPS) is 15.2. The van der Waals surface area contributed by atoms with Crippen molar-refractivity contribution in [3.8, 4) is 0 Å². The van der Waals surface area contributed by atoms with Crippen LogP contribution in [0.15, 0.2) is 35.7 Å². The third kappa shape index (κ3) is 5.10. The fourth-order valence-corrected chi connectivity index (χ4v) is 3.62. The Balaban J connectivity index is 0.000000847. The van der Waals surface area contributed by atoms with Crippen molar-refractivity contribution in [1.29, 1.82) is 0 Å². The van der Waals surface area contributed by atoms with Gasteiger partial charge >= 0.3 is 0 Å². The molecule has 1 fully saturated rings. The molecule has 2 nitrogen and oxygen atoms in total. The maximum Gasteiger partial charge on any atom is 0.0406 e. The molecule has 2 aromatic rings. The van der Waals surface area contributed by atoms with E-state index in [0.717, 1.165) is 44.2 Å². The minimum absolute atomic E-state index is 0.806. The van der Waals surface area contributed by atoms with Gasteiger partial charge in [-0.25, -0.2) is 0 Å². The number of rotatable bonds is 4. The average Bonchev–Trinajstić information content (AvgIpc) is 2.99. The first-order valence-electron chi connectivity index (χ1n) is 8.04. The van der Waals surface area contributed by atoms with Crippen LogP contribution in [-0.2, 0) is 13.0 Å². The highest BCUT2D eigenvalue weighted by Crippen LogP contribution is 2.23. The van der Waals surface area contributed by atoms with E-state index in [9.17, 15) is 0 Å². The molecule has 120 valence electrons. The standard InChI is InChI=1S/C16H19ClN2S.C2H6/c17-15-3-1-13(2-4-15)11-16-14(5-10-20-16)12-19-8-6-18-7-9-19;1-2/h1-5,10,18H,6-9,11-12H2;1-2H3. The summed E-state index contributed by atoms with van der Waals surface area (Å²) >= 11 is 7.81. The topological polar surface area (TPSA) is 15.3 Å². The Morgan fingerprint density at radius 3 is 2.45 bits per heavy atom. The lowest BCUT2D eigenvalue weighted by atomic mass is 10.1. The quantitative estimate of drug-likeness (QED) is 0.888. The zero-order valence-electron chi connectivity index (χ0n) is 13.4. The van der Waals surface area contributed by atoms with E-state index in [1.54, 1.807) is 0 Å². The Hall–Kier alpha value is -0.870. The van der Waals surface area contributed by atoms with Crippen LogP contribution in [0.3, 0.4) is 0 Å².